The average Bonchev–Trinajstić information content (AvgIpc) is 3.23. The van der Waals surface area contributed by atoms with Gasteiger partial charge in [-0.05, 0) is 49.7 Å². The third-order valence-electron chi connectivity index (χ3n) is 6.17. The van der Waals surface area contributed by atoms with Crippen molar-refractivity contribution in [1.29, 1.82) is 0 Å². The number of nitrogens with one attached hydrogen (secondary N) is 1. The van der Waals surface area contributed by atoms with Gasteiger partial charge < -0.3 is 15.0 Å². The van der Waals surface area contributed by atoms with E-state index in [0.717, 1.165) is 44.0 Å². The van der Waals surface area contributed by atoms with Crippen molar-refractivity contribution in [2.45, 2.75) is 63.5 Å². The van der Waals surface area contributed by atoms with Crippen LogP contribution in [-0.4, -0.2) is 39.0 Å². The van der Waals surface area contributed by atoms with E-state index in [1.165, 1.54) is 10.9 Å². The Kier molecular flexibility index (Phi) is 4.70. The highest BCUT2D eigenvalue weighted by atomic mass is 16.4. The van der Waals surface area contributed by atoms with Crippen LogP contribution in [0.3, 0.4) is 0 Å². The maximum absolute atomic E-state index is 12.9. The number of benzene rings is 1. The maximum atomic E-state index is 12.9. The maximum Gasteiger partial charge on any atom is 0.326 e. The number of aliphatic carboxylic acids is 1. The minimum absolute atomic E-state index is 0.0200. The van der Waals surface area contributed by atoms with E-state index < -0.39 is 12.0 Å². The fourth-order valence-corrected chi connectivity index (χ4v) is 4.94. The van der Waals surface area contributed by atoms with E-state index in [2.05, 4.69) is 17.1 Å². The molecular weight excluding hydrogens is 328 g/mol. The molecule has 2 aromatic rings. The molecule has 1 saturated heterocycles. The van der Waals surface area contributed by atoms with E-state index in [-0.39, 0.29) is 11.9 Å². The monoisotopic (exact) mass is 354 g/mol. The molecule has 5 nitrogen and oxygen atoms in total. The number of carboxylic acid groups (broad SMARTS) is 1. The molecule has 0 spiro atoms. The molecule has 4 rings (SSSR count). The molecule has 1 saturated carbocycles. The number of carboxylic acids is 1. The molecule has 0 radical (unpaired) electrons. The quantitative estimate of drug-likeness (QED) is 0.859. The van der Waals surface area contributed by atoms with Gasteiger partial charge in [-0.15, -0.1) is 0 Å². The summed E-state index contributed by atoms with van der Waals surface area (Å²) in [6.07, 6.45) is 8.94. The van der Waals surface area contributed by atoms with Crippen LogP contribution in [-0.2, 0) is 16.0 Å². The number of para-hydroxylation sites is 1. The van der Waals surface area contributed by atoms with E-state index in [4.69, 9.17) is 0 Å². The number of carbonyl (C=O) groups excluding carboxylic acids is 1. The van der Waals surface area contributed by atoms with E-state index in [0.29, 0.717) is 18.8 Å². The first-order valence-electron chi connectivity index (χ1n) is 9.74. The van der Waals surface area contributed by atoms with Crippen LogP contribution in [0.2, 0.25) is 0 Å². The van der Waals surface area contributed by atoms with Gasteiger partial charge in [-0.2, -0.15) is 0 Å². The van der Waals surface area contributed by atoms with Crippen LogP contribution in [0.25, 0.3) is 10.9 Å². The van der Waals surface area contributed by atoms with Crippen molar-refractivity contribution in [3.8, 4) is 0 Å². The minimum Gasteiger partial charge on any atom is -0.480 e. The second-order valence-corrected chi connectivity index (χ2v) is 7.72. The Hall–Kier alpha value is -2.30. The Morgan fingerprint density at radius 3 is 2.85 bits per heavy atom. The number of H-pyrrole nitrogens is 1. The zero-order valence-corrected chi connectivity index (χ0v) is 15.0. The zero-order valence-electron chi connectivity index (χ0n) is 15.0. The van der Waals surface area contributed by atoms with Crippen molar-refractivity contribution in [3.05, 3.63) is 36.0 Å². The highest BCUT2D eigenvalue weighted by molar-refractivity contribution is 5.85. The summed E-state index contributed by atoms with van der Waals surface area (Å²) in [7, 11) is 0. The van der Waals surface area contributed by atoms with E-state index in [1.807, 2.05) is 18.3 Å². The summed E-state index contributed by atoms with van der Waals surface area (Å²) >= 11 is 0. The topological polar surface area (TPSA) is 73.4 Å². The molecule has 2 fully saturated rings. The number of hydrogen-bond donors (Lipinski definition) is 2. The van der Waals surface area contributed by atoms with Gasteiger partial charge >= 0.3 is 5.97 Å². The average molecular weight is 354 g/mol. The molecule has 1 aliphatic heterocycles. The predicted octanol–water partition coefficient (Wildman–Crippen LogP) is 3.73. The van der Waals surface area contributed by atoms with Gasteiger partial charge in [-0.1, -0.05) is 31.0 Å². The number of carbonyl (C=O) groups is 2. The summed E-state index contributed by atoms with van der Waals surface area (Å²) in [6, 6.07) is 7.70. The summed E-state index contributed by atoms with van der Waals surface area (Å²) in [5.74, 6) is -0.446. The number of nitrogens with zero attached hydrogens (tertiary/aromatic N) is 1. The van der Waals surface area contributed by atoms with Crippen LogP contribution >= 0.6 is 0 Å². The van der Waals surface area contributed by atoms with Crippen LogP contribution in [0.15, 0.2) is 30.5 Å². The molecule has 2 aliphatic rings. The Bertz CT molecular complexity index is 812. The number of rotatable bonds is 5. The smallest absolute Gasteiger partial charge is 0.326 e. The van der Waals surface area contributed by atoms with Crippen molar-refractivity contribution in [3.63, 3.8) is 0 Å². The summed E-state index contributed by atoms with van der Waals surface area (Å²) in [6.45, 7) is 0. The molecule has 1 aromatic carbocycles. The zero-order chi connectivity index (χ0) is 18.1. The molecule has 138 valence electrons. The van der Waals surface area contributed by atoms with Crippen molar-refractivity contribution < 1.29 is 14.7 Å². The van der Waals surface area contributed by atoms with Gasteiger partial charge in [0.15, 0.2) is 0 Å². The highest BCUT2D eigenvalue weighted by Gasteiger charge is 2.47. The normalized spacial score (nSPS) is 25.4. The fourth-order valence-electron chi connectivity index (χ4n) is 4.94. The second kappa shape index (κ2) is 7.14. The van der Waals surface area contributed by atoms with Gasteiger partial charge in [0, 0.05) is 29.6 Å². The molecule has 0 bridgehead atoms. The Morgan fingerprint density at radius 2 is 2.00 bits per heavy atom. The summed E-state index contributed by atoms with van der Waals surface area (Å²) < 4.78 is 0. The summed E-state index contributed by atoms with van der Waals surface area (Å²) in [5, 5.41) is 10.8. The van der Waals surface area contributed by atoms with Gasteiger partial charge in [0.25, 0.3) is 0 Å². The van der Waals surface area contributed by atoms with E-state index in [1.54, 1.807) is 4.90 Å². The SMILES string of the molecule is O=C(O)C1CC2CCCCC2N1C(=O)CCCc1c[nH]c2ccccc12. The molecule has 1 aliphatic carbocycles. The van der Waals surface area contributed by atoms with Crippen molar-refractivity contribution in [2.24, 2.45) is 5.92 Å². The molecular formula is C21H26N2O3. The number of aryl methyl sites for hydroxylation is 1. The molecule has 1 aromatic heterocycles. The third-order valence-corrected chi connectivity index (χ3v) is 6.17. The Labute approximate surface area is 153 Å². The number of aromatic amines is 1. The fraction of sp³-hybridized carbons (Fsp3) is 0.524. The lowest BCUT2D eigenvalue weighted by molar-refractivity contribution is -0.149. The molecule has 26 heavy (non-hydrogen) atoms. The molecule has 3 atom stereocenters. The number of aromatic nitrogens is 1. The van der Waals surface area contributed by atoms with Crippen molar-refractivity contribution in [1.82, 2.24) is 9.88 Å². The molecule has 1 amide bonds. The first-order valence-corrected chi connectivity index (χ1v) is 9.74. The van der Waals surface area contributed by atoms with E-state index >= 15 is 0 Å². The number of likely N-dealkylation sites (tertiary alicyclic amines) is 1. The van der Waals surface area contributed by atoms with E-state index in [9.17, 15) is 14.7 Å². The number of fused-ring (bicyclic) bond motifs is 2. The molecule has 2 N–H and O–H groups in total. The number of hydrogen-bond acceptors (Lipinski definition) is 2. The van der Waals surface area contributed by atoms with Crippen LogP contribution in [0, 0.1) is 5.92 Å². The molecule has 3 unspecified atom stereocenters. The molecule has 2 heterocycles. The summed E-state index contributed by atoms with van der Waals surface area (Å²) in [4.78, 5) is 29.5. The predicted molar refractivity (Wildman–Crippen MR) is 99.9 cm³/mol. The van der Waals surface area contributed by atoms with Crippen LogP contribution < -0.4 is 0 Å². The van der Waals surface area contributed by atoms with Gasteiger partial charge in [0.1, 0.15) is 6.04 Å². The van der Waals surface area contributed by atoms with Crippen molar-refractivity contribution >= 4 is 22.8 Å². The summed E-state index contributed by atoms with van der Waals surface area (Å²) in [5.41, 5.74) is 2.34. The van der Waals surface area contributed by atoms with Gasteiger partial charge in [0.05, 0.1) is 0 Å². The lowest BCUT2D eigenvalue weighted by Crippen LogP contribution is -2.46. The van der Waals surface area contributed by atoms with Crippen LogP contribution in [0.4, 0.5) is 0 Å². The lowest BCUT2D eigenvalue weighted by atomic mass is 9.84. The number of amides is 1. The third kappa shape index (κ3) is 3.11. The Balaban J connectivity index is 1.41. The Morgan fingerprint density at radius 1 is 1.19 bits per heavy atom. The molecule has 5 heteroatoms. The standard InChI is InChI=1S/C21H26N2O3/c24-20(11-5-7-15-13-22-17-9-3-2-8-16(15)17)23-18-10-4-1-6-14(18)12-19(23)21(25)26/h2-3,8-9,13-14,18-19,22H,1,4-7,10-12H2,(H,25,26). The lowest BCUT2D eigenvalue weighted by Gasteiger charge is -2.33. The largest absolute Gasteiger partial charge is 0.480 e. The highest BCUT2D eigenvalue weighted by Crippen LogP contribution is 2.40. The van der Waals surface area contributed by atoms with Gasteiger partial charge in [0.2, 0.25) is 5.91 Å². The van der Waals surface area contributed by atoms with Crippen LogP contribution in [0.1, 0.15) is 50.5 Å². The first kappa shape index (κ1) is 17.1. The first-order chi connectivity index (χ1) is 12.6. The van der Waals surface area contributed by atoms with Crippen LogP contribution in [0.5, 0.6) is 0 Å². The van der Waals surface area contributed by atoms with Gasteiger partial charge in [-0.25, -0.2) is 4.79 Å². The van der Waals surface area contributed by atoms with Crippen molar-refractivity contribution in [2.75, 3.05) is 0 Å². The second-order valence-electron chi connectivity index (χ2n) is 7.72. The van der Waals surface area contributed by atoms with Gasteiger partial charge in [-0.3, -0.25) is 4.79 Å². The minimum atomic E-state index is -0.843.